The molecule has 1 saturated heterocycles. The van der Waals surface area contributed by atoms with E-state index in [1.54, 1.807) is 23.0 Å². The van der Waals surface area contributed by atoms with Gasteiger partial charge in [-0.15, -0.1) is 0 Å². The van der Waals surface area contributed by atoms with Crippen molar-refractivity contribution in [2.24, 2.45) is 0 Å². The number of benzene rings is 1. The summed E-state index contributed by atoms with van der Waals surface area (Å²) in [5, 5.41) is 4.14. The highest BCUT2D eigenvalue weighted by atomic mass is 16.6. The van der Waals surface area contributed by atoms with Crippen LogP contribution in [0.4, 0.5) is 10.5 Å². The summed E-state index contributed by atoms with van der Waals surface area (Å²) in [4.78, 5) is 31.5. The standard InChI is InChI=1S/C22H30N4O5/c1-14(2)26(13-27)18-12-17(6-7-19(18)29-5)20-23-21(31-24-20)16-8-10-25(11-9-16)22(28)30-15(3)4/h6-7,12-16H,8-11H2,1-5H3. The fraction of sp³-hybridized carbons (Fsp3) is 0.545. The summed E-state index contributed by atoms with van der Waals surface area (Å²) in [6, 6.07) is 5.42. The van der Waals surface area contributed by atoms with Gasteiger partial charge >= 0.3 is 6.09 Å². The fourth-order valence-electron chi connectivity index (χ4n) is 3.59. The summed E-state index contributed by atoms with van der Waals surface area (Å²) in [5.41, 5.74) is 1.38. The van der Waals surface area contributed by atoms with E-state index in [0.29, 0.717) is 36.2 Å². The van der Waals surface area contributed by atoms with E-state index in [1.807, 2.05) is 39.8 Å². The zero-order chi connectivity index (χ0) is 22.5. The number of aromatic nitrogens is 2. The van der Waals surface area contributed by atoms with Gasteiger partial charge in [-0.05, 0) is 58.7 Å². The largest absolute Gasteiger partial charge is 0.495 e. The number of rotatable bonds is 7. The van der Waals surface area contributed by atoms with Crippen LogP contribution in [-0.2, 0) is 9.53 Å². The Bertz CT molecular complexity index is 903. The molecule has 2 amide bonds. The lowest BCUT2D eigenvalue weighted by Gasteiger charge is -2.30. The van der Waals surface area contributed by atoms with Gasteiger partial charge in [-0.3, -0.25) is 4.79 Å². The maximum atomic E-state index is 12.1. The maximum Gasteiger partial charge on any atom is 0.410 e. The van der Waals surface area contributed by atoms with Crippen molar-refractivity contribution in [2.45, 2.75) is 58.6 Å². The Morgan fingerprint density at radius 1 is 1.26 bits per heavy atom. The van der Waals surface area contributed by atoms with Crippen molar-refractivity contribution in [3.05, 3.63) is 24.1 Å². The van der Waals surface area contributed by atoms with Crippen LogP contribution in [0.15, 0.2) is 22.7 Å². The van der Waals surface area contributed by atoms with E-state index in [4.69, 9.17) is 14.0 Å². The predicted octanol–water partition coefficient (Wildman–Crippen LogP) is 3.84. The second-order valence-electron chi connectivity index (χ2n) is 8.14. The molecule has 1 aromatic heterocycles. The van der Waals surface area contributed by atoms with Crippen molar-refractivity contribution in [2.75, 3.05) is 25.1 Å². The third kappa shape index (κ3) is 5.15. The van der Waals surface area contributed by atoms with Gasteiger partial charge in [0.1, 0.15) is 5.75 Å². The van der Waals surface area contributed by atoms with Crippen molar-refractivity contribution in [1.82, 2.24) is 15.0 Å². The van der Waals surface area contributed by atoms with Crippen molar-refractivity contribution >= 4 is 18.2 Å². The molecule has 1 aromatic carbocycles. The molecule has 0 saturated carbocycles. The molecule has 1 aliphatic heterocycles. The molecule has 0 atom stereocenters. The smallest absolute Gasteiger partial charge is 0.410 e. The van der Waals surface area contributed by atoms with Gasteiger partial charge in [0, 0.05) is 30.6 Å². The van der Waals surface area contributed by atoms with Gasteiger partial charge in [-0.25, -0.2) is 4.79 Å². The third-order valence-corrected chi connectivity index (χ3v) is 5.27. The summed E-state index contributed by atoms with van der Waals surface area (Å²) in [6.07, 6.45) is 1.83. The Hall–Kier alpha value is -3.10. The molecule has 168 valence electrons. The van der Waals surface area contributed by atoms with Crippen LogP contribution in [0.3, 0.4) is 0 Å². The number of likely N-dealkylation sites (tertiary alicyclic amines) is 1. The molecular formula is C22H30N4O5. The number of amides is 2. The molecule has 0 N–H and O–H groups in total. The van der Waals surface area contributed by atoms with Crippen molar-refractivity contribution in [3.63, 3.8) is 0 Å². The van der Waals surface area contributed by atoms with E-state index < -0.39 is 0 Å². The Morgan fingerprint density at radius 2 is 1.97 bits per heavy atom. The van der Waals surface area contributed by atoms with Gasteiger partial charge in [0.25, 0.3) is 0 Å². The van der Waals surface area contributed by atoms with Crippen LogP contribution in [0.5, 0.6) is 5.75 Å². The molecule has 1 aliphatic rings. The predicted molar refractivity (Wildman–Crippen MR) is 115 cm³/mol. The van der Waals surface area contributed by atoms with Crippen molar-refractivity contribution in [1.29, 1.82) is 0 Å². The first-order chi connectivity index (χ1) is 14.8. The third-order valence-electron chi connectivity index (χ3n) is 5.27. The molecule has 1 fully saturated rings. The Kier molecular flexibility index (Phi) is 7.14. The lowest BCUT2D eigenvalue weighted by molar-refractivity contribution is -0.107. The molecule has 0 bridgehead atoms. The summed E-state index contributed by atoms with van der Waals surface area (Å²) >= 11 is 0. The molecule has 9 heteroatoms. The van der Waals surface area contributed by atoms with Gasteiger partial charge in [0.15, 0.2) is 0 Å². The highest BCUT2D eigenvalue weighted by Crippen LogP contribution is 2.34. The van der Waals surface area contributed by atoms with Gasteiger partial charge in [-0.2, -0.15) is 4.98 Å². The lowest BCUT2D eigenvalue weighted by Crippen LogP contribution is -2.39. The number of piperidine rings is 1. The lowest BCUT2D eigenvalue weighted by atomic mass is 9.97. The zero-order valence-electron chi connectivity index (χ0n) is 18.7. The second-order valence-corrected chi connectivity index (χ2v) is 8.14. The molecule has 2 heterocycles. The molecule has 31 heavy (non-hydrogen) atoms. The average Bonchev–Trinajstić information content (AvgIpc) is 3.24. The number of carbonyl (C=O) groups excluding carboxylic acids is 2. The normalized spacial score (nSPS) is 14.7. The van der Waals surface area contributed by atoms with Gasteiger partial charge < -0.3 is 23.8 Å². The van der Waals surface area contributed by atoms with E-state index >= 15 is 0 Å². The number of carbonyl (C=O) groups is 2. The monoisotopic (exact) mass is 430 g/mol. The highest BCUT2D eigenvalue weighted by molar-refractivity contribution is 5.82. The fourth-order valence-corrected chi connectivity index (χ4v) is 3.59. The van der Waals surface area contributed by atoms with Crippen LogP contribution in [0.1, 0.15) is 52.3 Å². The Labute approximate surface area is 182 Å². The average molecular weight is 431 g/mol. The van der Waals surface area contributed by atoms with Crippen molar-refractivity contribution in [3.8, 4) is 17.1 Å². The van der Waals surface area contributed by atoms with Crippen molar-refractivity contribution < 1.29 is 23.6 Å². The Balaban J connectivity index is 1.74. The quantitative estimate of drug-likeness (QED) is 0.616. The van der Waals surface area contributed by atoms with Crippen LogP contribution >= 0.6 is 0 Å². The molecule has 2 aromatic rings. The highest BCUT2D eigenvalue weighted by Gasteiger charge is 2.29. The van der Waals surface area contributed by atoms with E-state index in [1.165, 1.54) is 0 Å². The van der Waals surface area contributed by atoms with E-state index in [-0.39, 0.29) is 24.2 Å². The second kappa shape index (κ2) is 9.80. The number of anilines is 1. The minimum absolute atomic E-state index is 0.0324. The van der Waals surface area contributed by atoms with Gasteiger partial charge in [0.05, 0.1) is 18.9 Å². The number of hydrogen-bond acceptors (Lipinski definition) is 7. The van der Waals surface area contributed by atoms with E-state index in [9.17, 15) is 9.59 Å². The van der Waals surface area contributed by atoms with Crippen LogP contribution in [-0.4, -0.2) is 59.9 Å². The summed E-state index contributed by atoms with van der Waals surface area (Å²) in [7, 11) is 1.57. The van der Waals surface area contributed by atoms with Crippen LogP contribution < -0.4 is 9.64 Å². The van der Waals surface area contributed by atoms with Crippen LogP contribution in [0.25, 0.3) is 11.4 Å². The maximum absolute atomic E-state index is 12.1. The molecule has 0 radical (unpaired) electrons. The molecule has 0 unspecified atom stereocenters. The topological polar surface area (TPSA) is 98.0 Å². The van der Waals surface area contributed by atoms with Gasteiger partial charge in [-0.1, -0.05) is 5.16 Å². The zero-order valence-corrected chi connectivity index (χ0v) is 18.7. The minimum atomic E-state index is -0.282. The number of ether oxygens (including phenoxy) is 2. The summed E-state index contributed by atoms with van der Waals surface area (Å²) in [5.74, 6) is 1.69. The van der Waals surface area contributed by atoms with Crippen LogP contribution in [0.2, 0.25) is 0 Å². The number of methoxy groups -OCH3 is 1. The summed E-state index contributed by atoms with van der Waals surface area (Å²) in [6.45, 7) is 8.70. The first-order valence-electron chi connectivity index (χ1n) is 10.5. The summed E-state index contributed by atoms with van der Waals surface area (Å²) < 4.78 is 16.2. The minimum Gasteiger partial charge on any atom is -0.495 e. The van der Waals surface area contributed by atoms with E-state index in [2.05, 4.69) is 10.1 Å². The number of nitrogens with zero attached hydrogens (tertiary/aromatic N) is 4. The van der Waals surface area contributed by atoms with Crippen LogP contribution in [0, 0.1) is 0 Å². The molecule has 0 aliphatic carbocycles. The van der Waals surface area contributed by atoms with Gasteiger partial charge in [0.2, 0.25) is 18.1 Å². The number of hydrogen-bond donors (Lipinski definition) is 0. The SMILES string of the molecule is COc1ccc(-c2noc(C3CCN(C(=O)OC(C)C)CC3)n2)cc1N(C=O)C(C)C. The first-order valence-corrected chi connectivity index (χ1v) is 10.5. The molecule has 3 rings (SSSR count). The van der Waals surface area contributed by atoms with E-state index in [0.717, 1.165) is 24.8 Å². The molecular weight excluding hydrogens is 400 g/mol. The first kappa shape index (κ1) is 22.6. The molecule has 0 spiro atoms. The molecule has 9 nitrogen and oxygen atoms in total. The Morgan fingerprint density at radius 3 is 2.55 bits per heavy atom.